The van der Waals surface area contributed by atoms with Crippen molar-refractivity contribution >= 4 is 0 Å². The molecular formula is C14H25NO. The summed E-state index contributed by atoms with van der Waals surface area (Å²) in [6, 6.07) is 0. The lowest BCUT2D eigenvalue weighted by atomic mass is 9.84. The molecule has 1 aliphatic rings. The zero-order valence-corrected chi connectivity index (χ0v) is 10.7. The minimum Gasteiger partial charge on any atom is -0.367 e. The van der Waals surface area contributed by atoms with E-state index in [1.54, 1.807) is 0 Å². The lowest BCUT2D eigenvalue weighted by Gasteiger charge is -2.34. The van der Waals surface area contributed by atoms with Crippen LogP contribution >= 0.6 is 0 Å². The summed E-state index contributed by atoms with van der Waals surface area (Å²) < 4.78 is 5.30. The number of ether oxygens (including phenoxy) is 1. The van der Waals surface area contributed by atoms with Crippen molar-refractivity contribution < 1.29 is 4.74 Å². The minimum absolute atomic E-state index is 0.448. The predicted molar refractivity (Wildman–Crippen MR) is 68.3 cm³/mol. The summed E-state index contributed by atoms with van der Waals surface area (Å²) >= 11 is 0. The van der Waals surface area contributed by atoms with Crippen molar-refractivity contribution in [1.82, 2.24) is 4.90 Å². The first-order valence-electron chi connectivity index (χ1n) is 6.51. The molecule has 92 valence electrons. The molecule has 0 aromatic carbocycles. The molecule has 0 aromatic heterocycles. The van der Waals surface area contributed by atoms with Gasteiger partial charge in [0.15, 0.2) is 0 Å². The molecule has 0 radical (unpaired) electrons. The van der Waals surface area contributed by atoms with Crippen molar-refractivity contribution in [2.24, 2.45) is 11.8 Å². The van der Waals surface area contributed by atoms with E-state index in [9.17, 15) is 0 Å². The molecule has 0 aliphatic carbocycles. The number of likely N-dealkylation sites (tertiary alicyclic amines) is 1. The molecule has 1 rings (SSSR count). The second-order valence-electron chi connectivity index (χ2n) is 4.82. The smallest absolute Gasteiger partial charge is 0.107 e. The van der Waals surface area contributed by atoms with Crippen molar-refractivity contribution in [3.63, 3.8) is 0 Å². The molecule has 0 amide bonds. The van der Waals surface area contributed by atoms with Crippen LogP contribution in [0.1, 0.15) is 33.1 Å². The van der Waals surface area contributed by atoms with E-state index < -0.39 is 0 Å². The van der Waals surface area contributed by atoms with Crippen LogP contribution < -0.4 is 0 Å². The third-order valence-electron chi connectivity index (χ3n) is 3.82. The SMILES string of the molecule is C#CCOCCN1CCC(C(C)CC)CC1. The maximum absolute atomic E-state index is 5.30. The van der Waals surface area contributed by atoms with Crippen molar-refractivity contribution in [2.75, 3.05) is 32.8 Å². The third kappa shape index (κ3) is 4.55. The normalized spacial score (nSPS) is 20.6. The van der Waals surface area contributed by atoms with Crippen LogP contribution in [-0.2, 0) is 4.74 Å². The lowest BCUT2D eigenvalue weighted by Crippen LogP contribution is -2.37. The largest absolute Gasteiger partial charge is 0.367 e. The number of hydrogen-bond donors (Lipinski definition) is 0. The molecule has 1 saturated heterocycles. The Kier molecular flexibility index (Phi) is 6.52. The fourth-order valence-corrected chi connectivity index (χ4v) is 2.40. The topological polar surface area (TPSA) is 12.5 Å². The summed E-state index contributed by atoms with van der Waals surface area (Å²) in [4.78, 5) is 2.50. The van der Waals surface area contributed by atoms with Crippen LogP contribution in [0.5, 0.6) is 0 Å². The van der Waals surface area contributed by atoms with E-state index in [2.05, 4.69) is 24.7 Å². The van der Waals surface area contributed by atoms with Gasteiger partial charge in [0, 0.05) is 6.54 Å². The Morgan fingerprint density at radius 2 is 2.12 bits per heavy atom. The standard InChI is InChI=1S/C14H25NO/c1-4-11-16-12-10-15-8-6-14(7-9-15)13(3)5-2/h1,13-14H,5-12H2,2-3H3. The molecule has 2 heteroatoms. The highest BCUT2D eigenvalue weighted by Gasteiger charge is 2.22. The Balaban J connectivity index is 2.10. The van der Waals surface area contributed by atoms with Gasteiger partial charge in [0.25, 0.3) is 0 Å². The van der Waals surface area contributed by atoms with Crippen molar-refractivity contribution in [3.05, 3.63) is 0 Å². The zero-order valence-electron chi connectivity index (χ0n) is 10.7. The van der Waals surface area contributed by atoms with Crippen LogP contribution in [0.15, 0.2) is 0 Å². The summed E-state index contributed by atoms with van der Waals surface area (Å²) in [5, 5.41) is 0. The van der Waals surface area contributed by atoms with Crippen LogP contribution in [0.4, 0.5) is 0 Å². The van der Waals surface area contributed by atoms with E-state index >= 15 is 0 Å². The van der Waals surface area contributed by atoms with E-state index in [0.717, 1.165) is 25.0 Å². The van der Waals surface area contributed by atoms with Crippen LogP contribution in [0.2, 0.25) is 0 Å². The number of piperidine rings is 1. The first kappa shape index (κ1) is 13.5. The minimum atomic E-state index is 0.448. The number of rotatable bonds is 6. The molecular weight excluding hydrogens is 198 g/mol. The molecule has 0 spiro atoms. The van der Waals surface area contributed by atoms with Crippen molar-refractivity contribution in [2.45, 2.75) is 33.1 Å². The van der Waals surface area contributed by atoms with E-state index in [-0.39, 0.29) is 0 Å². The van der Waals surface area contributed by atoms with E-state index in [0.29, 0.717) is 6.61 Å². The molecule has 1 fully saturated rings. The molecule has 0 aromatic rings. The van der Waals surface area contributed by atoms with Gasteiger partial charge in [0.1, 0.15) is 6.61 Å². The summed E-state index contributed by atoms with van der Waals surface area (Å²) in [7, 11) is 0. The molecule has 0 saturated carbocycles. The van der Waals surface area contributed by atoms with Gasteiger partial charge in [-0.15, -0.1) is 6.42 Å². The summed E-state index contributed by atoms with van der Waals surface area (Å²) in [6.45, 7) is 9.40. The Hall–Kier alpha value is -0.520. The fraction of sp³-hybridized carbons (Fsp3) is 0.857. The van der Waals surface area contributed by atoms with E-state index in [1.807, 2.05) is 0 Å². The van der Waals surface area contributed by atoms with Gasteiger partial charge in [0.05, 0.1) is 6.61 Å². The molecule has 2 nitrogen and oxygen atoms in total. The Labute approximate surface area is 100 Å². The zero-order chi connectivity index (χ0) is 11.8. The van der Waals surface area contributed by atoms with Crippen LogP contribution in [-0.4, -0.2) is 37.7 Å². The van der Waals surface area contributed by atoms with Gasteiger partial charge in [0.2, 0.25) is 0 Å². The fourth-order valence-electron chi connectivity index (χ4n) is 2.40. The second kappa shape index (κ2) is 7.70. The molecule has 16 heavy (non-hydrogen) atoms. The van der Waals surface area contributed by atoms with Crippen molar-refractivity contribution in [3.8, 4) is 12.3 Å². The highest BCUT2D eigenvalue weighted by atomic mass is 16.5. The molecule has 0 bridgehead atoms. The average Bonchev–Trinajstić information content (AvgIpc) is 2.34. The van der Waals surface area contributed by atoms with Gasteiger partial charge in [-0.1, -0.05) is 26.2 Å². The highest BCUT2D eigenvalue weighted by Crippen LogP contribution is 2.26. The predicted octanol–water partition coefficient (Wildman–Crippen LogP) is 2.39. The molecule has 1 unspecified atom stereocenters. The Bertz CT molecular complexity index is 213. The first-order chi connectivity index (χ1) is 7.77. The van der Waals surface area contributed by atoms with Gasteiger partial charge >= 0.3 is 0 Å². The highest BCUT2D eigenvalue weighted by molar-refractivity contribution is 4.83. The maximum atomic E-state index is 5.30. The number of terminal acetylenes is 1. The van der Waals surface area contributed by atoms with Gasteiger partial charge in [-0.3, -0.25) is 0 Å². The number of nitrogens with zero attached hydrogens (tertiary/aromatic N) is 1. The first-order valence-corrected chi connectivity index (χ1v) is 6.51. The van der Waals surface area contributed by atoms with Crippen molar-refractivity contribution in [1.29, 1.82) is 0 Å². The van der Waals surface area contributed by atoms with Gasteiger partial charge < -0.3 is 9.64 Å². The summed E-state index contributed by atoms with van der Waals surface area (Å²) in [5.74, 6) is 4.32. The second-order valence-corrected chi connectivity index (χ2v) is 4.82. The monoisotopic (exact) mass is 223 g/mol. The van der Waals surface area contributed by atoms with Crippen LogP contribution in [0, 0.1) is 24.2 Å². The lowest BCUT2D eigenvalue weighted by molar-refractivity contribution is 0.0957. The Morgan fingerprint density at radius 1 is 1.44 bits per heavy atom. The quantitative estimate of drug-likeness (QED) is 0.506. The maximum Gasteiger partial charge on any atom is 0.107 e. The summed E-state index contributed by atoms with van der Waals surface area (Å²) in [5.41, 5.74) is 0. The Morgan fingerprint density at radius 3 is 2.69 bits per heavy atom. The average molecular weight is 223 g/mol. The molecule has 1 aliphatic heterocycles. The molecule has 1 heterocycles. The molecule has 0 N–H and O–H groups in total. The summed E-state index contributed by atoms with van der Waals surface area (Å²) in [6.07, 6.45) is 9.14. The molecule has 1 atom stereocenters. The van der Waals surface area contributed by atoms with Gasteiger partial charge in [-0.05, 0) is 37.8 Å². The third-order valence-corrected chi connectivity index (χ3v) is 3.82. The number of hydrogen-bond acceptors (Lipinski definition) is 2. The van der Waals surface area contributed by atoms with Crippen LogP contribution in [0.25, 0.3) is 0 Å². The van der Waals surface area contributed by atoms with Crippen LogP contribution in [0.3, 0.4) is 0 Å². The van der Waals surface area contributed by atoms with E-state index in [1.165, 1.54) is 32.4 Å². The van der Waals surface area contributed by atoms with E-state index in [4.69, 9.17) is 11.2 Å². The van der Waals surface area contributed by atoms with Gasteiger partial charge in [-0.2, -0.15) is 0 Å². The van der Waals surface area contributed by atoms with Gasteiger partial charge in [-0.25, -0.2) is 0 Å².